The Morgan fingerprint density at radius 2 is 2.17 bits per heavy atom. The molecule has 0 bridgehead atoms. The van der Waals surface area contributed by atoms with Gasteiger partial charge in [-0.25, -0.2) is 0 Å². The summed E-state index contributed by atoms with van der Waals surface area (Å²) >= 11 is 0. The van der Waals surface area contributed by atoms with Crippen LogP contribution in [-0.2, 0) is 11.2 Å². The van der Waals surface area contributed by atoms with Gasteiger partial charge in [0.05, 0.1) is 6.42 Å². The van der Waals surface area contributed by atoms with E-state index in [0.717, 1.165) is 23.4 Å². The second kappa shape index (κ2) is 4.61. The molecule has 1 aromatic carbocycles. The van der Waals surface area contributed by atoms with E-state index >= 15 is 0 Å². The maximum absolute atomic E-state index is 11.3. The fourth-order valence-corrected chi connectivity index (χ4v) is 2.29. The standard InChI is InChI=1S/C14H21N3O/c1-14(2,6-7-15)17(3)11-4-5-12-10(8-11)9-13(18)16-12/h4-5,8H,6-7,9,15H2,1-3H3,(H,16,18). The molecule has 4 heteroatoms. The Kier molecular flexibility index (Phi) is 3.30. The van der Waals surface area contributed by atoms with Crippen LogP contribution >= 0.6 is 0 Å². The zero-order valence-electron chi connectivity index (χ0n) is 11.3. The van der Waals surface area contributed by atoms with E-state index in [-0.39, 0.29) is 11.4 Å². The molecule has 3 N–H and O–H groups in total. The van der Waals surface area contributed by atoms with Crippen molar-refractivity contribution >= 4 is 17.3 Å². The Labute approximate surface area is 108 Å². The summed E-state index contributed by atoms with van der Waals surface area (Å²) in [6.07, 6.45) is 1.41. The lowest BCUT2D eigenvalue weighted by Crippen LogP contribution is -2.42. The molecule has 1 aliphatic heterocycles. The fraction of sp³-hybridized carbons (Fsp3) is 0.500. The van der Waals surface area contributed by atoms with Gasteiger partial charge in [0.25, 0.3) is 0 Å². The van der Waals surface area contributed by atoms with Crippen molar-refractivity contribution < 1.29 is 4.79 Å². The van der Waals surface area contributed by atoms with Gasteiger partial charge in [-0.2, -0.15) is 0 Å². The average Bonchev–Trinajstić information content (AvgIpc) is 2.66. The van der Waals surface area contributed by atoms with Crippen LogP contribution in [0.3, 0.4) is 0 Å². The molecule has 0 saturated carbocycles. The predicted molar refractivity (Wildman–Crippen MR) is 74.9 cm³/mol. The maximum atomic E-state index is 11.3. The highest BCUT2D eigenvalue weighted by Crippen LogP contribution is 2.31. The lowest BCUT2D eigenvalue weighted by molar-refractivity contribution is -0.115. The van der Waals surface area contributed by atoms with Gasteiger partial charge in [-0.1, -0.05) is 0 Å². The smallest absolute Gasteiger partial charge is 0.228 e. The number of rotatable bonds is 4. The van der Waals surface area contributed by atoms with Crippen molar-refractivity contribution in [3.05, 3.63) is 23.8 Å². The number of benzene rings is 1. The van der Waals surface area contributed by atoms with Gasteiger partial charge in [0, 0.05) is 24.0 Å². The number of hydrogen-bond acceptors (Lipinski definition) is 3. The predicted octanol–water partition coefficient (Wildman–Crippen LogP) is 1.74. The van der Waals surface area contributed by atoms with Crippen molar-refractivity contribution in [3.63, 3.8) is 0 Å². The number of hydrogen-bond donors (Lipinski definition) is 2. The number of carbonyl (C=O) groups excluding carboxylic acids is 1. The molecule has 1 aliphatic rings. The normalized spacial score (nSPS) is 14.3. The molecule has 18 heavy (non-hydrogen) atoms. The van der Waals surface area contributed by atoms with Gasteiger partial charge in [0.2, 0.25) is 5.91 Å². The van der Waals surface area contributed by atoms with Crippen LogP contribution in [0, 0.1) is 0 Å². The third kappa shape index (κ3) is 2.34. The molecule has 4 nitrogen and oxygen atoms in total. The highest BCUT2D eigenvalue weighted by Gasteiger charge is 2.25. The molecule has 0 radical (unpaired) electrons. The van der Waals surface area contributed by atoms with Gasteiger partial charge in [0.15, 0.2) is 0 Å². The average molecular weight is 247 g/mol. The van der Waals surface area contributed by atoms with Crippen molar-refractivity contribution in [1.82, 2.24) is 0 Å². The molecule has 0 spiro atoms. The van der Waals surface area contributed by atoms with E-state index in [1.165, 1.54) is 0 Å². The molecule has 2 rings (SSSR count). The molecule has 0 aliphatic carbocycles. The quantitative estimate of drug-likeness (QED) is 0.852. The molecule has 98 valence electrons. The third-order valence-electron chi connectivity index (χ3n) is 3.77. The summed E-state index contributed by atoms with van der Waals surface area (Å²) in [5, 5.41) is 2.85. The first-order chi connectivity index (χ1) is 8.44. The number of nitrogens with one attached hydrogen (secondary N) is 1. The monoisotopic (exact) mass is 247 g/mol. The molecule has 0 atom stereocenters. The Hall–Kier alpha value is -1.55. The minimum Gasteiger partial charge on any atom is -0.369 e. The molecule has 1 heterocycles. The van der Waals surface area contributed by atoms with Crippen LogP contribution < -0.4 is 16.0 Å². The first-order valence-electron chi connectivity index (χ1n) is 6.31. The number of nitrogens with two attached hydrogens (primary N) is 1. The SMILES string of the molecule is CN(c1ccc2c(c1)CC(=O)N2)C(C)(C)CCN. The van der Waals surface area contributed by atoms with E-state index in [1.807, 2.05) is 12.1 Å². The maximum Gasteiger partial charge on any atom is 0.228 e. The second-order valence-electron chi connectivity index (χ2n) is 5.48. The van der Waals surface area contributed by atoms with Crippen LogP contribution in [0.25, 0.3) is 0 Å². The number of anilines is 2. The van der Waals surface area contributed by atoms with Crippen LogP contribution in [0.1, 0.15) is 25.8 Å². The number of carbonyl (C=O) groups is 1. The summed E-state index contributed by atoms with van der Waals surface area (Å²) in [6.45, 7) is 5.02. The summed E-state index contributed by atoms with van der Waals surface area (Å²) in [5.41, 5.74) is 8.81. The van der Waals surface area contributed by atoms with Crippen LogP contribution in [0.15, 0.2) is 18.2 Å². The summed E-state index contributed by atoms with van der Waals surface area (Å²) < 4.78 is 0. The zero-order chi connectivity index (χ0) is 13.3. The van der Waals surface area contributed by atoms with E-state index in [9.17, 15) is 4.79 Å². The Morgan fingerprint density at radius 1 is 1.44 bits per heavy atom. The van der Waals surface area contributed by atoms with Crippen molar-refractivity contribution in [2.75, 3.05) is 23.8 Å². The summed E-state index contributed by atoms with van der Waals surface area (Å²) in [6, 6.07) is 6.11. The molecule has 1 amide bonds. The molecule has 0 aromatic heterocycles. The molecule has 0 unspecified atom stereocenters. The van der Waals surface area contributed by atoms with E-state index < -0.39 is 0 Å². The molecule has 1 aromatic rings. The van der Waals surface area contributed by atoms with Crippen LogP contribution in [0.2, 0.25) is 0 Å². The van der Waals surface area contributed by atoms with Gasteiger partial charge < -0.3 is 16.0 Å². The van der Waals surface area contributed by atoms with Crippen molar-refractivity contribution in [3.8, 4) is 0 Å². The van der Waals surface area contributed by atoms with Gasteiger partial charge >= 0.3 is 0 Å². The van der Waals surface area contributed by atoms with E-state index in [4.69, 9.17) is 5.73 Å². The molecular weight excluding hydrogens is 226 g/mol. The Balaban J connectivity index is 2.25. The van der Waals surface area contributed by atoms with Crippen LogP contribution in [-0.4, -0.2) is 25.0 Å². The largest absolute Gasteiger partial charge is 0.369 e. The van der Waals surface area contributed by atoms with Gasteiger partial charge in [0.1, 0.15) is 0 Å². The number of amides is 1. The number of fused-ring (bicyclic) bond motifs is 1. The Bertz CT molecular complexity index is 468. The minimum absolute atomic E-state index is 0.0129. The van der Waals surface area contributed by atoms with Gasteiger partial charge in [-0.3, -0.25) is 4.79 Å². The molecule has 0 fully saturated rings. The highest BCUT2D eigenvalue weighted by atomic mass is 16.1. The van der Waals surface area contributed by atoms with E-state index in [2.05, 4.69) is 37.2 Å². The highest BCUT2D eigenvalue weighted by molar-refractivity contribution is 5.99. The lowest BCUT2D eigenvalue weighted by atomic mass is 9.97. The summed E-state index contributed by atoms with van der Waals surface area (Å²) in [5.74, 6) is 0.0750. The van der Waals surface area contributed by atoms with Crippen LogP contribution in [0.5, 0.6) is 0 Å². The topological polar surface area (TPSA) is 58.4 Å². The molecular formula is C14H21N3O. The zero-order valence-corrected chi connectivity index (χ0v) is 11.3. The van der Waals surface area contributed by atoms with Crippen molar-refractivity contribution in [2.24, 2.45) is 5.73 Å². The molecule has 0 saturated heterocycles. The fourth-order valence-electron chi connectivity index (χ4n) is 2.29. The number of nitrogens with zero attached hydrogens (tertiary/aromatic N) is 1. The second-order valence-corrected chi connectivity index (χ2v) is 5.48. The van der Waals surface area contributed by atoms with Crippen molar-refractivity contribution in [2.45, 2.75) is 32.2 Å². The minimum atomic E-state index is 0.0129. The van der Waals surface area contributed by atoms with E-state index in [0.29, 0.717) is 13.0 Å². The Morgan fingerprint density at radius 3 is 2.83 bits per heavy atom. The van der Waals surface area contributed by atoms with Crippen molar-refractivity contribution in [1.29, 1.82) is 0 Å². The van der Waals surface area contributed by atoms with Gasteiger partial charge in [-0.05, 0) is 50.6 Å². The van der Waals surface area contributed by atoms with E-state index in [1.54, 1.807) is 0 Å². The van der Waals surface area contributed by atoms with Crippen LogP contribution in [0.4, 0.5) is 11.4 Å². The van der Waals surface area contributed by atoms with Gasteiger partial charge in [-0.15, -0.1) is 0 Å². The summed E-state index contributed by atoms with van der Waals surface area (Å²) in [4.78, 5) is 13.6. The third-order valence-corrected chi connectivity index (χ3v) is 3.77. The first kappa shape index (κ1) is 12.9. The lowest BCUT2D eigenvalue weighted by Gasteiger charge is -2.37. The summed E-state index contributed by atoms with van der Waals surface area (Å²) in [7, 11) is 2.07. The first-order valence-corrected chi connectivity index (χ1v) is 6.31.